The summed E-state index contributed by atoms with van der Waals surface area (Å²) < 4.78 is 31.9. The van der Waals surface area contributed by atoms with Crippen molar-refractivity contribution in [2.24, 2.45) is 0 Å². The number of hydrogen-bond acceptors (Lipinski definition) is 3. The lowest BCUT2D eigenvalue weighted by molar-refractivity contribution is -0.117. The molecule has 28 heavy (non-hydrogen) atoms. The van der Waals surface area contributed by atoms with Crippen LogP contribution in [0.5, 0.6) is 5.75 Å². The first-order valence-corrected chi connectivity index (χ1v) is 9.21. The van der Waals surface area contributed by atoms with Crippen molar-refractivity contribution < 1.29 is 23.1 Å². The summed E-state index contributed by atoms with van der Waals surface area (Å²) in [7, 11) is 0. The zero-order valence-electron chi connectivity index (χ0n) is 15.2. The summed E-state index contributed by atoms with van der Waals surface area (Å²) in [5.41, 5.74) is 0.782. The Hall–Kier alpha value is -2.67. The number of carbonyl (C=O) groups excluding carboxylic acids is 2. The quantitative estimate of drug-likeness (QED) is 0.787. The molecule has 1 atom stereocenters. The molecule has 0 aliphatic carbocycles. The Balaban J connectivity index is 1.68. The Labute approximate surface area is 166 Å². The molecule has 1 heterocycles. The molecule has 1 unspecified atom stereocenters. The van der Waals surface area contributed by atoms with E-state index in [-0.39, 0.29) is 18.3 Å². The van der Waals surface area contributed by atoms with Gasteiger partial charge < -0.3 is 15.0 Å². The van der Waals surface area contributed by atoms with Crippen LogP contribution in [0, 0.1) is 11.6 Å². The fourth-order valence-corrected chi connectivity index (χ4v) is 3.14. The lowest BCUT2D eigenvalue weighted by atomic mass is 10.1. The molecule has 8 heteroatoms. The van der Waals surface area contributed by atoms with Crippen molar-refractivity contribution in [3.63, 3.8) is 0 Å². The average molecular weight is 409 g/mol. The summed E-state index contributed by atoms with van der Waals surface area (Å²) in [4.78, 5) is 26.3. The van der Waals surface area contributed by atoms with Crippen molar-refractivity contribution in [3.05, 3.63) is 58.6 Å². The molecule has 1 fully saturated rings. The van der Waals surface area contributed by atoms with Crippen LogP contribution in [-0.2, 0) is 4.79 Å². The molecular weight excluding hydrogens is 390 g/mol. The second-order valence-corrected chi connectivity index (χ2v) is 7.01. The zero-order valence-corrected chi connectivity index (χ0v) is 15.9. The Morgan fingerprint density at radius 3 is 2.75 bits per heavy atom. The van der Waals surface area contributed by atoms with E-state index in [9.17, 15) is 18.4 Å². The van der Waals surface area contributed by atoms with E-state index in [2.05, 4.69) is 5.32 Å². The molecule has 0 radical (unpaired) electrons. The molecule has 1 aliphatic rings. The van der Waals surface area contributed by atoms with E-state index in [1.54, 1.807) is 30.0 Å². The van der Waals surface area contributed by atoms with Gasteiger partial charge in [-0.2, -0.15) is 0 Å². The minimum absolute atomic E-state index is 0.0140. The van der Waals surface area contributed by atoms with Crippen molar-refractivity contribution in [2.75, 3.05) is 18.1 Å². The van der Waals surface area contributed by atoms with E-state index < -0.39 is 23.6 Å². The SMILES string of the molecule is CC(COc1ccc(F)cc1F)NC(=O)c1ccc(Cl)cc1N1CCCC1=O. The molecule has 0 saturated carbocycles. The fraction of sp³-hybridized carbons (Fsp3) is 0.300. The summed E-state index contributed by atoms with van der Waals surface area (Å²) in [6.07, 6.45) is 1.15. The maximum absolute atomic E-state index is 13.6. The van der Waals surface area contributed by atoms with Crippen molar-refractivity contribution in [3.8, 4) is 5.75 Å². The zero-order chi connectivity index (χ0) is 20.3. The summed E-state index contributed by atoms with van der Waals surface area (Å²) in [6, 6.07) is 7.28. The van der Waals surface area contributed by atoms with Crippen LogP contribution < -0.4 is 15.0 Å². The van der Waals surface area contributed by atoms with E-state index in [1.165, 1.54) is 6.07 Å². The molecule has 2 amide bonds. The predicted octanol–water partition coefficient (Wildman–Crippen LogP) is 3.94. The van der Waals surface area contributed by atoms with Crippen molar-refractivity contribution in [1.82, 2.24) is 5.32 Å². The summed E-state index contributed by atoms with van der Waals surface area (Å²) in [6.45, 7) is 2.21. The lowest BCUT2D eigenvalue weighted by Gasteiger charge is -2.21. The van der Waals surface area contributed by atoms with Crippen LogP contribution in [0.25, 0.3) is 0 Å². The molecule has 1 N–H and O–H groups in total. The third kappa shape index (κ3) is 4.59. The van der Waals surface area contributed by atoms with Gasteiger partial charge in [0.2, 0.25) is 5.91 Å². The van der Waals surface area contributed by atoms with Gasteiger partial charge in [-0.1, -0.05) is 11.6 Å². The van der Waals surface area contributed by atoms with Gasteiger partial charge in [-0.3, -0.25) is 9.59 Å². The Morgan fingerprint density at radius 1 is 1.29 bits per heavy atom. The molecular formula is C20H19ClF2N2O3. The van der Waals surface area contributed by atoms with Crippen LogP contribution >= 0.6 is 11.6 Å². The molecule has 1 aliphatic heterocycles. The van der Waals surface area contributed by atoms with Gasteiger partial charge in [0.1, 0.15) is 12.4 Å². The molecule has 0 aromatic heterocycles. The third-order valence-electron chi connectivity index (χ3n) is 4.33. The number of rotatable bonds is 6. The molecule has 2 aromatic rings. The number of hydrogen-bond donors (Lipinski definition) is 1. The summed E-state index contributed by atoms with van der Waals surface area (Å²) in [5.74, 6) is -2.07. The maximum Gasteiger partial charge on any atom is 0.253 e. The van der Waals surface area contributed by atoms with E-state index >= 15 is 0 Å². The largest absolute Gasteiger partial charge is 0.488 e. The number of anilines is 1. The standard InChI is InChI=1S/C20H19ClF2N2O3/c1-12(11-28-18-7-5-14(22)10-16(18)23)24-20(27)15-6-4-13(21)9-17(15)25-8-2-3-19(25)26/h4-7,9-10,12H,2-3,8,11H2,1H3,(H,24,27). The smallest absolute Gasteiger partial charge is 0.253 e. The summed E-state index contributed by atoms with van der Waals surface area (Å²) >= 11 is 6.04. The van der Waals surface area contributed by atoms with E-state index in [0.29, 0.717) is 29.2 Å². The van der Waals surface area contributed by atoms with Gasteiger partial charge in [-0.25, -0.2) is 8.78 Å². The Morgan fingerprint density at radius 2 is 2.07 bits per heavy atom. The van der Waals surface area contributed by atoms with Gasteiger partial charge >= 0.3 is 0 Å². The number of ether oxygens (including phenoxy) is 1. The lowest BCUT2D eigenvalue weighted by Crippen LogP contribution is -2.38. The maximum atomic E-state index is 13.6. The highest BCUT2D eigenvalue weighted by Gasteiger charge is 2.26. The van der Waals surface area contributed by atoms with Gasteiger partial charge in [0.25, 0.3) is 5.91 Å². The number of amides is 2. The van der Waals surface area contributed by atoms with Crippen LogP contribution in [0.1, 0.15) is 30.1 Å². The molecule has 5 nitrogen and oxygen atoms in total. The number of nitrogens with one attached hydrogen (secondary N) is 1. The average Bonchev–Trinajstić information content (AvgIpc) is 3.06. The molecule has 1 saturated heterocycles. The van der Waals surface area contributed by atoms with Crippen LogP contribution in [0.2, 0.25) is 5.02 Å². The highest BCUT2D eigenvalue weighted by atomic mass is 35.5. The highest BCUT2D eigenvalue weighted by molar-refractivity contribution is 6.31. The first kappa shape index (κ1) is 20.1. The Bertz CT molecular complexity index is 907. The van der Waals surface area contributed by atoms with Gasteiger partial charge in [0, 0.05) is 24.1 Å². The van der Waals surface area contributed by atoms with E-state index in [1.807, 2.05) is 0 Å². The predicted molar refractivity (Wildman–Crippen MR) is 102 cm³/mol. The van der Waals surface area contributed by atoms with Crippen molar-refractivity contribution >= 4 is 29.1 Å². The fourth-order valence-electron chi connectivity index (χ4n) is 2.97. The van der Waals surface area contributed by atoms with E-state index in [0.717, 1.165) is 18.6 Å². The van der Waals surface area contributed by atoms with Gasteiger partial charge in [-0.15, -0.1) is 0 Å². The third-order valence-corrected chi connectivity index (χ3v) is 4.56. The van der Waals surface area contributed by atoms with E-state index in [4.69, 9.17) is 16.3 Å². The molecule has 3 rings (SSSR count). The summed E-state index contributed by atoms with van der Waals surface area (Å²) in [5, 5.41) is 3.18. The molecule has 2 aromatic carbocycles. The topological polar surface area (TPSA) is 58.6 Å². The van der Waals surface area contributed by atoms with Crippen molar-refractivity contribution in [1.29, 1.82) is 0 Å². The first-order valence-electron chi connectivity index (χ1n) is 8.84. The van der Waals surface area contributed by atoms with Crippen LogP contribution in [0.3, 0.4) is 0 Å². The van der Waals surface area contributed by atoms with Crippen LogP contribution in [0.15, 0.2) is 36.4 Å². The first-order chi connectivity index (χ1) is 13.3. The number of halogens is 3. The second kappa shape index (κ2) is 8.56. The molecule has 0 spiro atoms. The highest BCUT2D eigenvalue weighted by Crippen LogP contribution is 2.28. The second-order valence-electron chi connectivity index (χ2n) is 6.57. The minimum Gasteiger partial charge on any atom is -0.488 e. The molecule has 0 bridgehead atoms. The minimum atomic E-state index is -0.814. The monoisotopic (exact) mass is 408 g/mol. The van der Waals surface area contributed by atoms with Crippen molar-refractivity contribution in [2.45, 2.75) is 25.8 Å². The van der Waals surface area contributed by atoms with Crippen LogP contribution in [0.4, 0.5) is 14.5 Å². The van der Waals surface area contributed by atoms with Crippen LogP contribution in [-0.4, -0.2) is 31.0 Å². The molecule has 148 valence electrons. The number of carbonyl (C=O) groups is 2. The van der Waals surface area contributed by atoms with Gasteiger partial charge in [0.15, 0.2) is 11.6 Å². The van der Waals surface area contributed by atoms with Gasteiger partial charge in [-0.05, 0) is 43.7 Å². The normalized spacial score (nSPS) is 14.9. The number of nitrogens with zero attached hydrogens (tertiary/aromatic N) is 1. The van der Waals surface area contributed by atoms with Gasteiger partial charge in [0.05, 0.1) is 17.3 Å². The Kier molecular flexibility index (Phi) is 6.14. The number of benzene rings is 2.